The molecule has 0 saturated carbocycles. The van der Waals surface area contributed by atoms with Crippen molar-refractivity contribution < 1.29 is 14.1 Å². The van der Waals surface area contributed by atoms with Crippen LogP contribution in [0.1, 0.15) is 24.8 Å². The summed E-state index contributed by atoms with van der Waals surface area (Å²) in [6, 6.07) is 11.7. The Kier molecular flexibility index (Phi) is 4.07. The van der Waals surface area contributed by atoms with Crippen LogP contribution in [0, 0.1) is 15.9 Å². The van der Waals surface area contributed by atoms with Gasteiger partial charge in [-0.1, -0.05) is 12.1 Å². The monoisotopic (exact) mass is 327 g/mol. The molecule has 0 aromatic heterocycles. The van der Waals surface area contributed by atoms with Crippen LogP contribution in [0.3, 0.4) is 0 Å². The average Bonchev–Trinajstić information content (AvgIpc) is 2.57. The van der Waals surface area contributed by atoms with Crippen molar-refractivity contribution in [3.8, 4) is 0 Å². The van der Waals surface area contributed by atoms with Crippen LogP contribution in [0.2, 0.25) is 0 Å². The number of nitrogens with zero attached hydrogens (tertiary/aromatic N) is 3. The maximum absolute atomic E-state index is 13.0. The molecule has 6 nitrogen and oxygen atoms in total. The fourth-order valence-corrected chi connectivity index (χ4v) is 2.69. The molecule has 3 rings (SSSR count). The summed E-state index contributed by atoms with van der Waals surface area (Å²) in [7, 11) is 0. The number of amides is 1. The lowest BCUT2D eigenvalue weighted by Gasteiger charge is -2.28. The largest absolute Gasteiger partial charge is 0.273 e. The number of benzene rings is 2. The first-order chi connectivity index (χ1) is 11.5. The molecule has 0 spiro atoms. The predicted molar refractivity (Wildman–Crippen MR) is 87.4 cm³/mol. The molecule has 2 aromatic rings. The molecule has 1 amide bonds. The first kappa shape index (κ1) is 15.8. The van der Waals surface area contributed by atoms with Crippen molar-refractivity contribution in [3.05, 3.63) is 70.0 Å². The lowest BCUT2D eigenvalue weighted by molar-refractivity contribution is -0.384. The number of carbonyl (C=O) groups is 1. The third-order valence-electron chi connectivity index (χ3n) is 3.93. The maximum Gasteiger partial charge on any atom is 0.269 e. The maximum atomic E-state index is 13.0. The van der Waals surface area contributed by atoms with Crippen LogP contribution < -0.4 is 5.01 Å². The van der Waals surface area contributed by atoms with E-state index in [4.69, 9.17) is 0 Å². The van der Waals surface area contributed by atoms with Gasteiger partial charge in [0.05, 0.1) is 10.6 Å². The molecule has 0 fully saturated rings. The van der Waals surface area contributed by atoms with Gasteiger partial charge in [-0.25, -0.2) is 9.40 Å². The minimum absolute atomic E-state index is 0.0197. The molecule has 1 heterocycles. The molecule has 1 aliphatic heterocycles. The average molecular weight is 327 g/mol. The summed E-state index contributed by atoms with van der Waals surface area (Å²) in [6.07, 6.45) is 0.147. The molecule has 0 saturated heterocycles. The Hall–Kier alpha value is -3.09. The Morgan fingerprint density at radius 1 is 1.25 bits per heavy atom. The fourth-order valence-electron chi connectivity index (χ4n) is 2.69. The highest BCUT2D eigenvalue weighted by atomic mass is 19.1. The summed E-state index contributed by atoms with van der Waals surface area (Å²) in [5.74, 6) is -0.948. The van der Waals surface area contributed by atoms with Crippen molar-refractivity contribution in [1.29, 1.82) is 0 Å². The minimum Gasteiger partial charge on any atom is -0.273 e. The normalized spacial score (nSPS) is 17.6. The van der Waals surface area contributed by atoms with Crippen LogP contribution in [-0.4, -0.2) is 16.5 Å². The first-order valence-corrected chi connectivity index (χ1v) is 7.33. The SMILES string of the molecule is CC1=NN(c2ccc(F)cc2)C(=O)CC1c1cccc([N+](=O)[O-])c1. The van der Waals surface area contributed by atoms with E-state index < -0.39 is 10.7 Å². The van der Waals surface area contributed by atoms with E-state index in [0.29, 0.717) is 17.0 Å². The molecule has 0 radical (unpaired) electrons. The van der Waals surface area contributed by atoms with Crippen LogP contribution in [0.15, 0.2) is 53.6 Å². The van der Waals surface area contributed by atoms with Crippen molar-refractivity contribution in [2.45, 2.75) is 19.3 Å². The van der Waals surface area contributed by atoms with Crippen molar-refractivity contribution in [2.75, 3.05) is 5.01 Å². The van der Waals surface area contributed by atoms with Gasteiger partial charge in [-0.05, 0) is 36.8 Å². The molecular weight excluding hydrogens is 313 g/mol. The van der Waals surface area contributed by atoms with Gasteiger partial charge in [0.15, 0.2) is 0 Å². The van der Waals surface area contributed by atoms with E-state index in [1.165, 1.54) is 41.4 Å². The molecule has 1 aliphatic rings. The van der Waals surface area contributed by atoms with E-state index in [-0.39, 0.29) is 23.9 Å². The Bertz CT molecular complexity index is 833. The first-order valence-electron chi connectivity index (χ1n) is 7.33. The summed E-state index contributed by atoms with van der Waals surface area (Å²) in [5, 5.41) is 16.5. The second-order valence-electron chi connectivity index (χ2n) is 5.53. The highest BCUT2D eigenvalue weighted by Gasteiger charge is 2.30. The number of halogens is 1. The molecule has 24 heavy (non-hydrogen) atoms. The summed E-state index contributed by atoms with van der Waals surface area (Å²) in [5.41, 5.74) is 1.81. The Morgan fingerprint density at radius 3 is 2.62 bits per heavy atom. The van der Waals surface area contributed by atoms with Gasteiger partial charge in [-0.15, -0.1) is 0 Å². The van der Waals surface area contributed by atoms with E-state index in [0.717, 1.165) is 0 Å². The molecule has 122 valence electrons. The zero-order valence-electron chi connectivity index (χ0n) is 12.8. The van der Waals surface area contributed by atoms with E-state index >= 15 is 0 Å². The van der Waals surface area contributed by atoms with Crippen LogP contribution >= 0.6 is 0 Å². The van der Waals surface area contributed by atoms with Gasteiger partial charge in [-0.3, -0.25) is 14.9 Å². The molecule has 0 bridgehead atoms. The van der Waals surface area contributed by atoms with Crippen molar-refractivity contribution in [1.82, 2.24) is 0 Å². The number of anilines is 1. The van der Waals surface area contributed by atoms with Crippen LogP contribution in [0.5, 0.6) is 0 Å². The van der Waals surface area contributed by atoms with Gasteiger partial charge in [0.25, 0.3) is 5.69 Å². The van der Waals surface area contributed by atoms with Crippen molar-refractivity contribution in [2.24, 2.45) is 5.10 Å². The van der Waals surface area contributed by atoms with Gasteiger partial charge in [0, 0.05) is 30.2 Å². The zero-order chi connectivity index (χ0) is 17.3. The zero-order valence-corrected chi connectivity index (χ0v) is 12.8. The third-order valence-corrected chi connectivity index (χ3v) is 3.93. The highest BCUT2D eigenvalue weighted by Crippen LogP contribution is 2.31. The molecule has 0 aliphatic carbocycles. The lowest BCUT2D eigenvalue weighted by atomic mass is 9.90. The Morgan fingerprint density at radius 2 is 1.96 bits per heavy atom. The lowest BCUT2D eigenvalue weighted by Crippen LogP contribution is -2.35. The highest BCUT2D eigenvalue weighted by molar-refractivity contribution is 6.04. The number of hydrogen-bond acceptors (Lipinski definition) is 4. The quantitative estimate of drug-likeness (QED) is 0.638. The number of nitro benzene ring substituents is 1. The third kappa shape index (κ3) is 3.01. The molecule has 2 aromatic carbocycles. The van der Waals surface area contributed by atoms with Crippen molar-refractivity contribution >= 4 is 23.0 Å². The van der Waals surface area contributed by atoms with E-state index in [1.54, 1.807) is 19.1 Å². The van der Waals surface area contributed by atoms with Crippen LogP contribution in [0.25, 0.3) is 0 Å². The second-order valence-corrected chi connectivity index (χ2v) is 5.53. The summed E-state index contributed by atoms with van der Waals surface area (Å²) >= 11 is 0. The molecule has 1 unspecified atom stereocenters. The molecular formula is C17H14FN3O3. The van der Waals surface area contributed by atoms with E-state index in [1.807, 2.05) is 0 Å². The van der Waals surface area contributed by atoms with Gasteiger partial charge < -0.3 is 0 Å². The Balaban J connectivity index is 1.93. The molecule has 1 atom stereocenters. The number of nitro groups is 1. The van der Waals surface area contributed by atoms with E-state index in [9.17, 15) is 19.3 Å². The predicted octanol–water partition coefficient (Wildman–Crippen LogP) is 3.63. The standard InChI is InChI=1S/C17H14FN3O3/c1-11-16(12-3-2-4-15(9-12)21(23)24)10-17(22)20(19-11)14-7-5-13(18)6-8-14/h2-9,16H,10H2,1H3. The van der Waals surface area contributed by atoms with Gasteiger partial charge in [0.2, 0.25) is 5.91 Å². The van der Waals surface area contributed by atoms with Crippen LogP contribution in [0.4, 0.5) is 15.8 Å². The second kappa shape index (κ2) is 6.19. The van der Waals surface area contributed by atoms with E-state index in [2.05, 4.69) is 5.10 Å². The number of rotatable bonds is 3. The summed E-state index contributed by atoms with van der Waals surface area (Å²) in [6.45, 7) is 1.77. The number of carbonyl (C=O) groups excluding carboxylic acids is 1. The Labute approximate surface area is 137 Å². The summed E-state index contributed by atoms with van der Waals surface area (Å²) in [4.78, 5) is 22.9. The van der Waals surface area contributed by atoms with Gasteiger partial charge in [-0.2, -0.15) is 5.10 Å². The van der Waals surface area contributed by atoms with Gasteiger partial charge >= 0.3 is 0 Å². The smallest absolute Gasteiger partial charge is 0.269 e. The molecule has 0 N–H and O–H groups in total. The number of hydrazone groups is 1. The number of non-ortho nitro benzene ring substituents is 1. The topological polar surface area (TPSA) is 75.8 Å². The minimum atomic E-state index is -0.467. The molecule has 7 heteroatoms. The van der Waals surface area contributed by atoms with Gasteiger partial charge in [0.1, 0.15) is 5.82 Å². The van der Waals surface area contributed by atoms with Crippen LogP contribution in [-0.2, 0) is 4.79 Å². The van der Waals surface area contributed by atoms with Crippen molar-refractivity contribution in [3.63, 3.8) is 0 Å². The fraction of sp³-hybridized carbons (Fsp3) is 0.176. The number of hydrogen-bond donors (Lipinski definition) is 0. The summed E-state index contributed by atoms with van der Waals surface area (Å²) < 4.78 is 13.0.